The fourth-order valence-electron chi connectivity index (χ4n) is 4.81. The Morgan fingerprint density at radius 3 is 2.65 bits per heavy atom. The van der Waals surface area contributed by atoms with E-state index in [-0.39, 0.29) is 37.4 Å². The maximum Gasteiger partial charge on any atom is 0.247 e. The van der Waals surface area contributed by atoms with Gasteiger partial charge in [-0.3, -0.25) is 9.59 Å². The summed E-state index contributed by atoms with van der Waals surface area (Å²) >= 11 is 2.17. The van der Waals surface area contributed by atoms with Crippen molar-refractivity contribution in [1.29, 1.82) is 0 Å². The summed E-state index contributed by atoms with van der Waals surface area (Å²) in [5, 5.41) is 23.3. The third-order valence-electron chi connectivity index (χ3n) is 6.49. The second kappa shape index (κ2) is 13.3. The van der Waals surface area contributed by atoms with Crippen molar-refractivity contribution in [3.8, 4) is 5.75 Å². The minimum atomic E-state index is -0.986. The number of hydrogen-bond acceptors (Lipinski definition) is 5. The Kier molecular flexibility index (Phi) is 10.4. The summed E-state index contributed by atoms with van der Waals surface area (Å²) in [6, 6.07) is 6.95. The zero-order chi connectivity index (χ0) is 24.5. The van der Waals surface area contributed by atoms with Gasteiger partial charge in [0.25, 0.3) is 0 Å². The van der Waals surface area contributed by atoms with Gasteiger partial charge >= 0.3 is 0 Å². The molecule has 0 bridgehead atoms. The van der Waals surface area contributed by atoms with Gasteiger partial charge in [-0.15, -0.1) is 6.58 Å². The van der Waals surface area contributed by atoms with E-state index in [9.17, 15) is 14.7 Å². The quantitative estimate of drug-likeness (QED) is 0.291. The molecule has 1 aromatic rings. The number of aliphatic hydroxyl groups is 2. The molecule has 1 fully saturated rings. The van der Waals surface area contributed by atoms with Gasteiger partial charge in [-0.05, 0) is 60.1 Å². The van der Waals surface area contributed by atoms with Gasteiger partial charge in [0.05, 0.1) is 16.2 Å². The summed E-state index contributed by atoms with van der Waals surface area (Å²) < 4.78 is 7.08. The Morgan fingerprint density at radius 2 is 1.97 bits per heavy atom. The zero-order valence-corrected chi connectivity index (χ0v) is 21.7. The van der Waals surface area contributed by atoms with Gasteiger partial charge in [-0.1, -0.05) is 37.5 Å². The molecule has 186 valence electrons. The predicted octanol–water partition coefficient (Wildman–Crippen LogP) is 3.33. The lowest BCUT2D eigenvalue weighted by molar-refractivity contribution is -0.143. The molecule has 1 aromatic carbocycles. The van der Waals surface area contributed by atoms with Gasteiger partial charge in [0, 0.05) is 31.0 Å². The molecule has 3 rings (SSSR count). The summed E-state index contributed by atoms with van der Waals surface area (Å²) in [5.41, 5.74) is 0.456. The van der Waals surface area contributed by atoms with Crippen LogP contribution in [0.4, 0.5) is 0 Å². The molecule has 0 heterocycles. The highest BCUT2D eigenvalue weighted by molar-refractivity contribution is 14.1. The fourth-order valence-corrected chi connectivity index (χ4v) is 5.32. The number of aliphatic hydroxyl groups excluding tert-OH is 2. The lowest BCUT2D eigenvalue weighted by Gasteiger charge is -2.45. The van der Waals surface area contributed by atoms with Gasteiger partial charge in [-0.2, -0.15) is 0 Å². The molecular formula is C26H35IN2O5. The molecule has 2 amide bonds. The van der Waals surface area contributed by atoms with Crippen LogP contribution in [0.2, 0.25) is 0 Å². The Morgan fingerprint density at radius 1 is 1.24 bits per heavy atom. The largest absolute Gasteiger partial charge is 0.482 e. The van der Waals surface area contributed by atoms with E-state index in [0.717, 1.165) is 35.7 Å². The molecule has 3 unspecified atom stereocenters. The van der Waals surface area contributed by atoms with Gasteiger partial charge in [0.15, 0.2) is 0 Å². The number of para-hydroxylation sites is 1. The zero-order valence-electron chi connectivity index (χ0n) is 19.5. The van der Waals surface area contributed by atoms with Crippen LogP contribution in [0.15, 0.2) is 48.6 Å². The highest BCUT2D eigenvalue weighted by atomic mass is 127. The predicted molar refractivity (Wildman–Crippen MR) is 139 cm³/mol. The number of carbonyl (C=O) groups excluding carboxylic acids is 2. The van der Waals surface area contributed by atoms with E-state index in [1.807, 2.05) is 29.2 Å². The van der Waals surface area contributed by atoms with Crippen LogP contribution in [-0.2, 0) is 9.59 Å². The number of ether oxygens (including phenoxy) is 1. The summed E-state index contributed by atoms with van der Waals surface area (Å²) in [4.78, 5) is 28.1. The van der Waals surface area contributed by atoms with E-state index >= 15 is 0 Å². The van der Waals surface area contributed by atoms with Crippen molar-refractivity contribution in [3.05, 3.63) is 52.1 Å². The molecule has 0 aliphatic heterocycles. The summed E-state index contributed by atoms with van der Waals surface area (Å²) in [6.45, 7) is 3.71. The van der Waals surface area contributed by atoms with E-state index in [4.69, 9.17) is 9.84 Å². The molecule has 7 nitrogen and oxygen atoms in total. The molecule has 0 saturated heterocycles. The number of nitrogens with zero attached hydrogens (tertiary/aromatic N) is 1. The van der Waals surface area contributed by atoms with Crippen LogP contribution in [0, 0.1) is 3.57 Å². The van der Waals surface area contributed by atoms with Crippen molar-refractivity contribution in [2.24, 2.45) is 0 Å². The first kappa shape index (κ1) is 26.7. The SMILES string of the molecule is C=CCCC(=O)N(C1CCCCC1)C1CC(C(=O)NCCO)=CC(Oc2ccccc2I)C1O. The number of rotatable bonds is 10. The fraction of sp³-hybridized carbons (Fsp3) is 0.538. The van der Waals surface area contributed by atoms with Crippen molar-refractivity contribution in [1.82, 2.24) is 10.2 Å². The van der Waals surface area contributed by atoms with Crippen molar-refractivity contribution in [2.75, 3.05) is 13.2 Å². The molecular weight excluding hydrogens is 547 g/mol. The molecule has 0 radical (unpaired) electrons. The number of amides is 2. The number of halogens is 1. The number of allylic oxidation sites excluding steroid dienone is 1. The lowest BCUT2D eigenvalue weighted by Crippen LogP contribution is -2.58. The third kappa shape index (κ3) is 6.82. The molecule has 2 aliphatic carbocycles. The maximum atomic E-state index is 13.4. The van der Waals surface area contributed by atoms with Crippen molar-refractivity contribution < 1.29 is 24.5 Å². The Balaban J connectivity index is 1.94. The van der Waals surface area contributed by atoms with E-state index in [2.05, 4.69) is 34.5 Å². The molecule has 2 aliphatic rings. The topological polar surface area (TPSA) is 99.1 Å². The number of nitrogens with one attached hydrogen (secondary N) is 1. The van der Waals surface area contributed by atoms with Crippen LogP contribution in [0.1, 0.15) is 51.4 Å². The van der Waals surface area contributed by atoms with Crippen LogP contribution in [-0.4, -0.2) is 64.4 Å². The van der Waals surface area contributed by atoms with Crippen LogP contribution >= 0.6 is 22.6 Å². The summed E-state index contributed by atoms with van der Waals surface area (Å²) in [6.07, 6.45) is 7.74. The van der Waals surface area contributed by atoms with Gasteiger partial charge in [-0.25, -0.2) is 0 Å². The van der Waals surface area contributed by atoms with Gasteiger partial charge in [0.1, 0.15) is 18.0 Å². The first-order chi connectivity index (χ1) is 16.5. The monoisotopic (exact) mass is 582 g/mol. The molecule has 0 aromatic heterocycles. The lowest BCUT2D eigenvalue weighted by atomic mass is 9.85. The van der Waals surface area contributed by atoms with E-state index in [1.165, 1.54) is 0 Å². The van der Waals surface area contributed by atoms with Crippen molar-refractivity contribution in [2.45, 2.75) is 75.7 Å². The molecule has 8 heteroatoms. The number of carbonyl (C=O) groups is 2. The second-order valence-corrected chi connectivity index (χ2v) is 10.0. The van der Waals surface area contributed by atoms with Gasteiger partial charge in [0.2, 0.25) is 11.8 Å². The smallest absolute Gasteiger partial charge is 0.247 e. The molecule has 0 spiro atoms. The van der Waals surface area contributed by atoms with Crippen LogP contribution < -0.4 is 10.1 Å². The Bertz CT molecular complexity index is 884. The van der Waals surface area contributed by atoms with Crippen LogP contribution in [0.3, 0.4) is 0 Å². The average molecular weight is 582 g/mol. The second-order valence-electron chi connectivity index (χ2n) is 8.87. The van der Waals surface area contributed by atoms with Gasteiger partial charge < -0.3 is 25.2 Å². The standard InChI is InChI=1S/C26H35IN2O5/c1-2-3-13-24(31)29(19-9-5-4-6-10-19)21-16-18(26(33)28-14-15-30)17-23(25(21)32)34-22-12-8-7-11-20(22)27/h2,7-8,11-12,17,19,21,23,25,30,32H,1,3-6,9-10,13-16H2,(H,28,33). The molecule has 34 heavy (non-hydrogen) atoms. The molecule has 1 saturated carbocycles. The molecule has 3 atom stereocenters. The van der Waals surface area contributed by atoms with E-state index in [0.29, 0.717) is 24.2 Å². The summed E-state index contributed by atoms with van der Waals surface area (Å²) in [7, 11) is 0. The first-order valence-electron chi connectivity index (χ1n) is 12.1. The average Bonchev–Trinajstić information content (AvgIpc) is 2.85. The third-order valence-corrected chi connectivity index (χ3v) is 7.38. The highest BCUT2D eigenvalue weighted by Crippen LogP contribution is 2.33. The van der Waals surface area contributed by atoms with Crippen LogP contribution in [0.5, 0.6) is 5.75 Å². The highest BCUT2D eigenvalue weighted by Gasteiger charge is 2.42. The summed E-state index contributed by atoms with van der Waals surface area (Å²) in [5.74, 6) is 0.270. The van der Waals surface area contributed by atoms with E-state index < -0.39 is 18.2 Å². The minimum absolute atomic E-state index is 0.0269. The normalized spacial score (nSPS) is 23.0. The Hall–Kier alpha value is -1.91. The van der Waals surface area contributed by atoms with Crippen LogP contribution in [0.25, 0.3) is 0 Å². The number of hydrogen-bond donors (Lipinski definition) is 3. The Labute approximate surface area is 215 Å². The number of benzene rings is 1. The van der Waals surface area contributed by atoms with E-state index in [1.54, 1.807) is 12.2 Å². The minimum Gasteiger partial charge on any atom is -0.482 e. The first-order valence-corrected chi connectivity index (χ1v) is 13.1. The van der Waals surface area contributed by atoms with Crippen molar-refractivity contribution >= 4 is 34.4 Å². The molecule has 3 N–H and O–H groups in total. The van der Waals surface area contributed by atoms with Crippen molar-refractivity contribution in [3.63, 3.8) is 0 Å². The maximum absolute atomic E-state index is 13.4.